The Kier molecular flexibility index (Phi) is 4.93. The largest absolute Gasteiger partial charge is 0.479 e. The maximum absolute atomic E-state index is 13.8. The number of pyridine rings is 1. The van der Waals surface area contributed by atoms with Crippen LogP contribution < -0.4 is 14.4 Å². The number of allylic oxidation sites excluding steroid dienone is 1. The first-order valence-electron chi connectivity index (χ1n) is 12.5. The van der Waals surface area contributed by atoms with Gasteiger partial charge in [-0.25, -0.2) is 14.7 Å². The summed E-state index contributed by atoms with van der Waals surface area (Å²) in [4.78, 5) is 47.7. The number of anilines is 1. The molecule has 1 aromatic heterocycles. The van der Waals surface area contributed by atoms with Gasteiger partial charge in [0.1, 0.15) is 5.75 Å². The van der Waals surface area contributed by atoms with E-state index in [9.17, 15) is 14.4 Å². The molecule has 2 saturated heterocycles. The molecule has 5 aliphatic rings. The van der Waals surface area contributed by atoms with Crippen LogP contribution in [0.2, 0.25) is 0 Å². The summed E-state index contributed by atoms with van der Waals surface area (Å²) in [6.07, 6.45) is 1.60. The lowest BCUT2D eigenvalue weighted by atomic mass is 9.63. The van der Waals surface area contributed by atoms with Crippen LogP contribution in [0.3, 0.4) is 0 Å². The van der Waals surface area contributed by atoms with Gasteiger partial charge in [0.15, 0.2) is 23.5 Å². The monoisotopic (exact) mass is 503 g/mol. The first-order valence-corrected chi connectivity index (χ1v) is 12.5. The van der Waals surface area contributed by atoms with Gasteiger partial charge in [-0.1, -0.05) is 18.2 Å². The smallest absolute Gasteiger partial charge is 0.425 e. The Morgan fingerprint density at radius 1 is 1.05 bits per heavy atom. The van der Waals surface area contributed by atoms with Crippen molar-refractivity contribution >= 4 is 23.7 Å². The molecule has 4 atom stereocenters. The van der Waals surface area contributed by atoms with Gasteiger partial charge in [-0.2, -0.15) is 0 Å². The summed E-state index contributed by atoms with van der Waals surface area (Å²) >= 11 is 0. The highest BCUT2D eigenvalue weighted by Crippen LogP contribution is 2.56. The lowest BCUT2D eigenvalue weighted by molar-refractivity contribution is -0.186. The average Bonchev–Trinajstić information content (AvgIpc) is 3.46. The normalized spacial score (nSPS) is 29.4. The van der Waals surface area contributed by atoms with Gasteiger partial charge >= 0.3 is 6.09 Å². The van der Waals surface area contributed by atoms with Crippen molar-refractivity contribution in [3.8, 4) is 11.5 Å². The molecule has 3 aliphatic heterocycles. The summed E-state index contributed by atoms with van der Waals surface area (Å²) in [5.41, 5.74) is 1.41. The summed E-state index contributed by atoms with van der Waals surface area (Å²) in [5.74, 6) is -2.12. The molecule has 3 fully saturated rings. The van der Waals surface area contributed by atoms with Gasteiger partial charge in [0.05, 0.1) is 30.7 Å². The molecule has 0 radical (unpaired) electrons. The van der Waals surface area contributed by atoms with Crippen molar-refractivity contribution < 1.29 is 33.3 Å². The molecule has 0 bridgehead atoms. The third-order valence-corrected chi connectivity index (χ3v) is 8.13. The predicted octanol–water partition coefficient (Wildman–Crippen LogP) is 2.89. The molecule has 10 heteroatoms. The van der Waals surface area contributed by atoms with Crippen molar-refractivity contribution in [2.24, 2.45) is 17.8 Å². The van der Waals surface area contributed by atoms with Gasteiger partial charge in [-0.15, -0.1) is 0 Å². The van der Waals surface area contributed by atoms with Crippen molar-refractivity contribution in [1.29, 1.82) is 0 Å². The number of rotatable bonds is 1. The standard InChI is InChI=1S/C27H25N3O7/c1-29-24(31)19-17-14-27(34-12-13-35-27)10-9-16(17)21-22(20(19)25(29)32)37-18-8-5-11-28-23(18)30(21)26(33)36-15-6-3-2-4-7-15/h2-8,11,17,19-20,22H,9-10,12-14H2,1H3. The van der Waals surface area contributed by atoms with Crippen molar-refractivity contribution in [2.45, 2.75) is 31.2 Å². The summed E-state index contributed by atoms with van der Waals surface area (Å²) in [6.45, 7) is 0.968. The van der Waals surface area contributed by atoms with E-state index >= 15 is 0 Å². The van der Waals surface area contributed by atoms with Crippen molar-refractivity contribution in [3.63, 3.8) is 0 Å². The molecule has 4 heterocycles. The molecule has 4 unspecified atom stereocenters. The number of benzene rings is 1. The molecular weight excluding hydrogens is 478 g/mol. The van der Waals surface area contributed by atoms with E-state index in [4.69, 9.17) is 18.9 Å². The van der Waals surface area contributed by atoms with E-state index in [1.165, 1.54) is 16.8 Å². The molecule has 1 saturated carbocycles. The van der Waals surface area contributed by atoms with Crippen LogP contribution in [0.25, 0.3) is 0 Å². The fraction of sp³-hybridized carbons (Fsp3) is 0.407. The molecular formula is C27H25N3O7. The van der Waals surface area contributed by atoms with Gasteiger partial charge in [-0.05, 0) is 42.2 Å². The Balaban J connectivity index is 1.40. The molecule has 2 aromatic rings. The van der Waals surface area contributed by atoms with Crippen LogP contribution in [0, 0.1) is 17.8 Å². The van der Waals surface area contributed by atoms with Crippen molar-refractivity contribution in [2.75, 3.05) is 25.2 Å². The molecule has 10 nitrogen and oxygen atoms in total. The third-order valence-electron chi connectivity index (χ3n) is 8.13. The number of hydrogen-bond acceptors (Lipinski definition) is 8. The highest BCUT2D eigenvalue weighted by atomic mass is 16.7. The fourth-order valence-electron chi connectivity index (χ4n) is 6.56. The summed E-state index contributed by atoms with van der Waals surface area (Å²) in [6, 6.07) is 12.2. The average molecular weight is 504 g/mol. The maximum atomic E-state index is 13.8. The van der Waals surface area contributed by atoms with Gasteiger partial charge in [0.25, 0.3) is 0 Å². The summed E-state index contributed by atoms with van der Waals surface area (Å²) in [5, 5.41) is 0. The Morgan fingerprint density at radius 3 is 2.59 bits per heavy atom. The number of hydrogen-bond donors (Lipinski definition) is 0. The SMILES string of the molecule is CN1C(=O)C2C3CC4(CCC3=C3C(Oc5cccnc5N3C(=O)Oc3ccccc3)C2C1=O)OCCO4. The number of aromatic nitrogens is 1. The maximum Gasteiger partial charge on any atom is 0.425 e. The minimum atomic E-state index is -0.836. The van der Waals surface area contributed by atoms with Crippen LogP contribution in [0.1, 0.15) is 19.3 Å². The van der Waals surface area contributed by atoms with Gasteiger partial charge in [0, 0.05) is 26.1 Å². The molecule has 0 N–H and O–H groups in total. The topological polar surface area (TPSA) is 108 Å². The van der Waals surface area contributed by atoms with E-state index in [-0.39, 0.29) is 23.6 Å². The Morgan fingerprint density at radius 2 is 1.81 bits per heavy atom. The minimum absolute atomic E-state index is 0.245. The summed E-state index contributed by atoms with van der Waals surface area (Å²) in [7, 11) is 1.50. The van der Waals surface area contributed by atoms with Crippen LogP contribution >= 0.6 is 0 Å². The zero-order valence-electron chi connectivity index (χ0n) is 20.2. The highest BCUT2D eigenvalue weighted by molar-refractivity contribution is 6.07. The van der Waals surface area contributed by atoms with E-state index in [2.05, 4.69) is 4.98 Å². The molecule has 3 amide bonds. The first kappa shape index (κ1) is 22.4. The molecule has 1 spiro atoms. The van der Waals surface area contributed by atoms with Crippen LogP contribution in [-0.2, 0) is 19.1 Å². The second-order valence-corrected chi connectivity index (χ2v) is 10.00. The highest BCUT2D eigenvalue weighted by Gasteiger charge is 2.63. The first-order chi connectivity index (χ1) is 18.0. The molecule has 1 aromatic carbocycles. The predicted molar refractivity (Wildman–Crippen MR) is 127 cm³/mol. The van der Waals surface area contributed by atoms with E-state index in [0.29, 0.717) is 49.7 Å². The number of likely N-dealkylation sites (tertiary alicyclic amines) is 1. The Labute approximate surface area is 212 Å². The van der Waals surface area contributed by atoms with E-state index in [0.717, 1.165) is 5.57 Å². The van der Waals surface area contributed by atoms with Gasteiger partial charge in [0.2, 0.25) is 11.8 Å². The number of carbonyl (C=O) groups excluding carboxylic acids is 3. The van der Waals surface area contributed by atoms with Gasteiger partial charge < -0.3 is 18.9 Å². The van der Waals surface area contributed by atoms with Crippen LogP contribution in [0.15, 0.2) is 59.9 Å². The molecule has 7 rings (SSSR count). The fourth-order valence-corrected chi connectivity index (χ4v) is 6.56. The van der Waals surface area contributed by atoms with Gasteiger partial charge in [-0.3, -0.25) is 14.5 Å². The number of nitrogens with zero attached hydrogens (tertiary/aromatic N) is 3. The van der Waals surface area contributed by atoms with Crippen molar-refractivity contribution in [3.05, 3.63) is 59.9 Å². The second-order valence-electron chi connectivity index (χ2n) is 10.00. The lowest BCUT2D eigenvalue weighted by Gasteiger charge is -2.49. The number of ether oxygens (including phenoxy) is 4. The van der Waals surface area contributed by atoms with Crippen LogP contribution in [0.5, 0.6) is 11.5 Å². The number of carbonyl (C=O) groups is 3. The van der Waals surface area contributed by atoms with Crippen LogP contribution in [0.4, 0.5) is 10.6 Å². The second kappa shape index (κ2) is 8.12. The summed E-state index contributed by atoms with van der Waals surface area (Å²) < 4.78 is 24.2. The molecule has 2 aliphatic carbocycles. The number of fused-ring (bicyclic) bond motifs is 6. The van der Waals surface area contributed by atoms with E-state index < -0.39 is 29.8 Å². The van der Waals surface area contributed by atoms with Crippen LogP contribution in [-0.4, -0.2) is 59.9 Å². The zero-order chi connectivity index (χ0) is 25.3. The number of imide groups is 1. The van der Waals surface area contributed by atoms with Crippen molar-refractivity contribution in [1.82, 2.24) is 9.88 Å². The molecule has 37 heavy (non-hydrogen) atoms. The Hall–Kier alpha value is -3.76. The third kappa shape index (κ3) is 3.25. The van der Waals surface area contributed by atoms with E-state index in [1.54, 1.807) is 42.6 Å². The number of para-hydroxylation sites is 1. The molecule has 190 valence electrons. The quantitative estimate of drug-likeness (QED) is 0.547. The minimum Gasteiger partial charge on any atom is -0.479 e. The zero-order valence-corrected chi connectivity index (χ0v) is 20.2. The Bertz CT molecular complexity index is 1340. The van der Waals surface area contributed by atoms with E-state index in [1.807, 2.05) is 6.07 Å². The lowest BCUT2D eigenvalue weighted by Crippen LogP contribution is -2.56. The number of amides is 3.